The smallest absolute Gasteiger partial charge is 0.341 e. The summed E-state index contributed by atoms with van der Waals surface area (Å²) >= 11 is 0. The minimum absolute atomic E-state index is 0.0926. The highest BCUT2D eigenvalue weighted by molar-refractivity contribution is 5.96. The maximum atomic E-state index is 13.0. The van der Waals surface area contributed by atoms with E-state index in [0.29, 0.717) is 26.1 Å². The van der Waals surface area contributed by atoms with Crippen LogP contribution in [0.25, 0.3) is 0 Å². The second kappa shape index (κ2) is 6.37. The lowest BCUT2D eigenvalue weighted by molar-refractivity contribution is -0.138. The van der Waals surface area contributed by atoms with E-state index in [0.717, 1.165) is 6.07 Å². The first-order chi connectivity index (χ1) is 10.3. The molecule has 1 aromatic carbocycles. The van der Waals surface area contributed by atoms with E-state index in [-0.39, 0.29) is 18.0 Å². The van der Waals surface area contributed by atoms with Crippen LogP contribution in [0.5, 0.6) is 0 Å². The van der Waals surface area contributed by atoms with Crippen LogP contribution in [0.3, 0.4) is 0 Å². The van der Waals surface area contributed by atoms with Crippen molar-refractivity contribution in [3.63, 3.8) is 0 Å². The highest BCUT2D eigenvalue weighted by atomic mass is 19.4. The number of carbonyl (C=O) groups excluding carboxylic acids is 2. The number of halogens is 3. The fraction of sp³-hybridized carbons (Fsp3) is 0.467. The van der Waals surface area contributed by atoms with Gasteiger partial charge in [-0.1, -0.05) is 12.1 Å². The number of hydrogen-bond donors (Lipinski definition) is 0. The van der Waals surface area contributed by atoms with Crippen LogP contribution in [0.4, 0.5) is 13.2 Å². The van der Waals surface area contributed by atoms with Gasteiger partial charge in [-0.05, 0) is 18.6 Å². The summed E-state index contributed by atoms with van der Waals surface area (Å²) in [6.07, 6.45) is -4.01. The summed E-state index contributed by atoms with van der Waals surface area (Å²) in [5.41, 5.74) is -1.26. The zero-order valence-corrected chi connectivity index (χ0v) is 12.2. The number of rotatable bonds is 1. The van der Waals surface area contributed by atoms with Crippen LogP contribution in [-0.4, -0.2) is 47.8 Å². The number of carbonyl (C=O) groups is 2. The molecule has 0 N–H and O–H groups in total. The molecule has 7 heteroatoms. The molecule has 0 radical (unpaired) electrons. The molecule has 2 rings (SSSR count). The zero-order valence-electron chi connectivity index (χ0n) is 12.2. The van der Waals surface area contributed by atoms with E-state index in [1.54, 1.807) is 4.90 Å². The van der Waals surface area contributed by atoms with Crippen molar-refractivity contribution < 1.29 is 22.8 Å². The third-order valence-electron chi connectivity index (χ3n) is 3.69. The highest BCUT2D eigenvalue weighted by Crippen LogP contribution is 2.32. The number of hydrogen-bond acceptors (Lipinski definition) is 2. The molecule has 1 fully saturated rings. The van der Waals surface area contributed by atoms with Gasteiger partial charge in [-0.2, -0.15) is 13.2 Å². The van der Waals surface area contributed by atoms with Crippen LogP contribution in [0.2, 0.25) is 0 Å². The van der Waals surface area contributed by atoms with Crippen molar-refractivity contribution in [1.82, 2.24) is 9.80 Å². The van der Waals surface area contributed by atoms with Gasteiger partial charge in [-0.3, -0.25) is 9.59 Å². The monoisotopic (exact) mass is 314 g/mol. The topological polar surface area (TPSA) is 40.6 Å². The summed E-state index contributed by atoms with van der Waals surface area (Å²) < 4.78 is 39.0. The predicted molar refractivity (Wildman–Crippen MR) is 74.2 cm³/mol. The molecule has 1 aliphatic heterocycles. The molecule has 1 heterocycles. The van der Waals surface area contributed by atoms with Gasteiger partial charge < -0.3 is 9.80 Å². The van der Waals surface area contributed by atoms with E-state index in [1.807, 2.05) is 0 Å². The number of amides is 2. The van der Waals surface area contributed by atoms with Crippen LogP contribution < -0.4 is 0 Å². The standard InChI is InChI=1S/C15H17F3N2O2/c1-11(21)19-7-4-8-20(10-9-19)14(22)12-5-2-3-6-13(12)15(16,17)18/h2-3,5-6H,4,7-10H2,1H3. The quantitative estimate of drug-likeness (QED) is 0.798. The molecule has 1 saturated heterocycles. The van der Waals surface area contributed by atoms with Gasteiger partial charge >= 0.3 is 6.18 Å². The molecule has 0 unspecified atom stereocenters. The largest absolute Gasteiger partial charge is 0.417 e. The average Bonchev–Trinajstić information content (AvgIpc) is 2.71. The van der Waals surface area contributed by atoms with Gasteiger partial charge in [0.05, 0.1) is 11.1 Å². The summed E-state index contributed by atoms with van der Waals surface area (Å²) in [5, 5.41) is 0. The average molecular weight is 314 g/mol. The van der Waals surface area contributed by atoms with Gasteiger partial charge in [0.15, 0.2) is 0 Å². The summed E-state index contributed by atoms with van der Waals surface area (Å²) in [6, 6.07) is 4.79. The Bertz CT molecular complexity index is 572. The van der Waals surface area contributed by atoms with Crippen molar-refractivity contribution in [2.24, 2.45) is 0 Å². The van der Waals surface area contributed by atoms with E-state index in [9.17, 15) is 22.8 Å². The van der Waals surface area contributed by atoms with Crippen molar-refractivity contribution in [2.45, 2.75) is 19.5 Å². The lowest BCUT2D eigenvalue weighted by Crippen LogP contribution is -2.37. The van der Waals surface area contributed by atoms with E-state index >= 15 is 0 Å². The van der Waals surface area contributed by atoms with Crippen LogP contribution in [0.1, 0.15) is 29.3 Å². The molecule has 1 aliphatic rings. The van der Waals surface area contributed by atoms with Gasteiger partial charge in [-0.15, -0.1) is 0 Å². The zero-order chi connectivity index (χ0) is 16.3. The SMILES string of the molecule is CC(=O)N1CCCN(C(=O)c2ccccc2C(F)(F)F)CC1. The molecule has 2 amide bonds. The maximum Gasteiger partial charge on any atom is 0.417 e. The normalized spacial score (nSPS) is 16.4. The Labute approximate surface area is 126 Å². The maximum absolute atomic E-state index is 13.0. The highest BCUT2D eigenvalue weighted by Gasteiger charge is 2.36. The third-order valence-corrected chi connectivity index (χ3v) is 3.69. The van der Waals surface area contributed by atoms with Crippen molar-refractivity contribution in [3.8, 4) is 0 Å². The molecule has 0 aliphatic carbocycles. The van der Waals surface area contributed by atoms with Crippen LogP contribution in [-0.2, 0) is 11.0 Å². The van der Waals surface area contributed by atoms with E-state index in [2.05, 4.69) is 0 Å². The number of benzene rings is 1. The minimum Gasteiger partial charge on any atom is -0.341 e. The van der Waals surface area contributed by atoms with E-state index in [1.165, 1.54) is 30.0 Å². The minimum atomic E-state index is -4.57. The first-order valence-corrected chi connectivity index (χ1v) is 7.01. The molecule has 4 nitrogen and oxygen atoms in total. The molecule has 0 bridgehead atoms. The Balaban J connectivity index is 2.20. The van der Waals surface area contributed by atoms with E-state index < -0.39 is 17.6 Å². The molecular weight excluding hydrogens is 297 g/mol. The van der Waals surface area contributed by atoms with Gasteiger partial charge in [0.2, 0.25) is 5.91 Å². The third kappa shape index (κ3) is 3.58. The lowest BCUT2D eigenvalue weighted by atomic mass is 10.1. The second-order valence-electron chi connectivity index (χ2n) is 5.20. The van der Waals surface area contributed by atoms with Crippen LogP contribution in [0, 0.1) is 0 Å². The lowest BCUT2D eigenvalue weighted by Gasteiger charge is -2.23. The Morgan fingerprint density at radius 1 is 1.00 bits per heavy atom. The van der Waals surface area contributed by atoms with E-state index in [4.69, 9.17) is 0 Å². The predicted octanol–water partition coefficient (Wildman–Crippen LogP) is 2.40. The van der Waals surface area contributed by atoms with Gasteiger partial charge in [0, 0.05) is 33.1 Å². The molecule has 0 saturated carbocycles. The van der Waals surface area contributed by atoms with Gasteiger partial charge in [0.1, 0.15) is 0 Å². The molecular formula is C15H17F3N2O2. The van der Waals surface area contributed by atoms with Gasteiger partial charge in [-0.25, -0.2) is 0 Å². The fourth-order valence-corrected chi connectivity index (χ4v) is 2.52. The Hall–Kier alpha value is -2.05. The second-order valence-corrected chi connectivity index (χ2v) is 5.20. The van der Waals surface area contributed by atoms with Crippen molar-refractivity contribution in [1.29, 1.82) is 0 Å². The molecule has 0 atom stereocenters. The molecule has 22 heavy (non-hydrogen) atoms. The first kappa shape index (κ1) is 16.3. The van der Waals surface area contributed by atoms with Crippen molar-refractivity contribution >= 4 is 11.8 Å². The number of alkyl halides is 3. The van der Waals surface area contributed by atoms with Crippen molar-refractivity contribution in [3.05, 3.63) is 35.4 Å². The summed E-state index contributed by atoms with van der Waals surface area (Å²) in [7, 11) is 0. The summed E-state index contributed by atoms with van der Waals surface area (Å²) in [6.45, 7) is 2.88. The fourth-order valence-electron chi connectivity index (χ4n) is 2.52. The van der Waals surface area contributed by atoms with Gasteiger partial charge in [0.25, 0.3) is 5.91 Å². The molecule has 0 aromatic heterocycles. The first-order valence-electron chi connectivity index (χ1n) is 7.01. The summed E-state index contributed by atoms with van der Waals surface area (Å²) in [5.74, 6) is -0.733. The molecule has 0 spiro atoms. The Morgan fingerprint density at radius 3 is 2.23 bits per heavy atom. The van der Waals surface area contributed by atoms with Crippen LogP contribution in [0.15, 0.2) is 24.3 Å². The molecule has 120 valence electrons. The Kier molecular flexibility index (Phi) is 4.73. The Morgan fingerprint density at radius 2 is 1.59 bits per heavy atom. The molecule has 1 aromatic rings. The van der Waals surface area contributed by atoms with Crippen molar-refractivity contribution in [2.75, 3.05) is 26.2 Å². The summed E-state index contributed by atoms with van der Waals surface area (Å²) in [4.78, 5) is 26.8. The van der Waals surface area contributed by atoms with Crippen LogP contribution >= 0.6 is 0 Å². The number of nitrogens with zero attached hydrogens (tertiary/aromatic N) is 2.